The molecule has 1 aromatic carbocycles. The predicted octanol–water partition coefficient (Wildman–Crippen LogP) is 3.26. The Bertz CT molecular complexity index is 404. The standard InChI is InChI=1S/C13H18INO2/c1-4-7-15(9(2)3)13(17)11-8-10(14)5-6-12(11)16/h5-6,8-9,16H,4,7H2,1-3H3. The third-order valence-corrected chi connectivity index (χ3v) is 3.21. The summed E-state index contributed by atoms with van der Waals surface area (Å²) in [7, 11) is 0. The molecule has 3 nitrogen and oxygen atoms in total. The number of hydrogen-bond acceptors (Lipinski definition) is 2. The summed E-state index contributed by atoms with van der Waals surface area (Å²) in [4.78, 5) is 14.1. The van der Waals surface area contributed by atoms with Crippen molar-refractivity contribution in [2.24, 2.45) is 0 Å². The van der Waals surface area contributed by atoms with E-state index in [1.165, 1.54) is 0 Å². The fraction of sp³-hybridized carbons (Fsp3) is 0.462. The quantitative estimate of drug-likeness (QED) is 0.850. The van der Waals surface area contributed by atoms with Crippen LogP contribution in [0.2, 0.25) is 0 Å². The second-order valence-electron chi connectivity index (χ2n) is 4.25. The highest BCUT2D eigenvalue weighted by Crippen LogP contribution is 2.22. The lowest BCUT2D eigenvalue weighted by atomic mass is 10.1. The van der Waals surface area contributed by atoms with Gasteiger partial charge in [-0.1, -0.05) is 6.92 Å². The minimum Gasteiger partial charge on any atom is -0.507 e. The summed E-state index contributed by atoms with van der Waals surface area (Å²) in [6.07, 6.45) is 0.911. The fourth-order valence-corrected chi connectivity index (χ4v) is 2.16. The van der Waals surface area contributed by atoms with Crippen molar-refractivity contribution in [2.45, 2.75) is 33.2 Å². The molecule has 0 atom stereocenters. The van der Waals surface area contributed by atoms with E-state index in [0.29, 0.717) is 12.1 Å². The van der Waals surface area contributed by atoms with Crippen molar-refractivity contribution >= 4 is 28.5 Å². The highest BCUT2D eigenvalue weighted by atomic mass is 127. The van der Waals surface area contributed by atoms with E-state index >= 15 is 0 Å². The highest BCUT2D eigenvalue weighted by molar-refractivity contribution is 14.1. The molecule has 0 bridgehead atoms. The van der Waals surface area contributed by atoms with Crippen LogP contribution in [0.15, 0.2) is 18.2 Å². The van der Waals surface area contributed by atoms with Gasteiger partial charge in [-0.25, -0.2) is 0 Å². The number of aromatic hydroxyl groups is 1. The Hall–Kier alpha value is -0.780. The Labute approximate surface area is 116 Å². The molecule has 0 aliphatic rings. The van der Waals surface area contributed by atoms with Gasteiger partial charge in [0.1, 0.15) is 5.75 Å². The van der Waals surface area contributed by atoms with Crippen LogP contribution >= 0.6 is 22.6 Å². The normalized spacial score (nSPS) is 10.6. The van der Waals surface area contributed by atoms with Gasteiger partial charge in [-0.15, -0.1) is 0 Å². The van der Waals surface area contributed by atoms with Crippen molar-refractivity contribution in [1.29, 1.82) is 0 Å². The zero-order valence-corrected chi connectivity index (χ0v) is 12.6. The molecule has 1 amide bonds. The molecule has 0 aliphatic carbocycles. The molecule has 0 saturated heterocycles. The Morgan fingerprint density at radius 3 is 2.65 bits per heavy atom. The number of carbonyl (C=O) groups is 1. The third kappa shape index (κ3) is 3.59. The van der Waals surface area contributed by atoms with Gasteiger partial charge in [0, 0.05) is 16.2 Å². The highest BCUT2D eigenvalue weighted by Gasteiger charge is 2.20. The fourth-order valence-electron chi connectivity index (χ4n) is 1.67. The van der Waals surface area contributed by atoms with Crippen LogP contribution in [0.4, 0.5) is 0 Å². The molecule has 17 heavy (non-hydrogen) atoms. The number of benzene rings is 1. The van der Waals surface area contributed by atoms with Gasteiger partial charge in [0.15, 0.2) is 0 Å². The van der Waals surface area contributed by atoms with E-state index in [0.717, 1.165) is 9.99 Å². The van der Waals surface area contributed by atoms with Crippen molar-refractivity contribution in [1.82, 2.24) is 4.90 Å². The molecule has 0 saturated carbocycles. The Kier molecular flexibility index (Phi) is 5.24. The monoisotopic (exact) mass is 347 g/mol. The molecule has 0 unspecified atom stereocenters. The molecule has 1 N–H and O–H groups in total. The SMILES string of the molecule is CCCN(C(=O)c1cc(I)ccc1O)C(C)C. The number of hydrogen-bond donors (Lipinski definition) is 1. The molecular formula is C13H18INO2. The van der Waals surface area contributed by atoms with Crippen LogP contribution in [-0.4, -0.2) is 28.5 Å². The van der Waals surface area contributed by atoms with Crippen LogP contribution in [0, 0.1) is 3.57 Å². The molecular weight excluding hydrogens is 329 g/mol. The lowest BCUT2D eigenvalue weighted by Crippen LogP contribution is -2.37. The summed E-state index contributed by atoms with van der Waals surface area (Å²) in [5.74, 6) is -0.0463. The Morgan fingerprint density at radius 1 is 1.47 bits per heavy atom. The molecule has 0 radical (unpaired) electrons. The van der Waals surface area contributed by atoms with Gasteiger partial charge in [0.2, 0.25) is 0 Å². The first-order chi connectivity index (χ1) is 7.97. The van der Waals surface area contributed by atoms with Crippen LogP contribution < -0.4 is 0 Å². The van der Waals surface area contributed by atoms with E-state index in [-0.39, 0.29) is 17.7 Å². The molecule has 0 aliphatic heterocycles. The lowest BCUT2D eigenvalue weighted by Gasteiger charge is -2.26. The van der Waals surface area contributed by atoms with Crippen molar-refractivity contribution in [3.8, 4) is 5.75 Å². The van der Waals surface area contributed by atoms with Gasteiger partial charge < -0.3 is 10.0 Å². The predicted molar refractivity (Wildman–Crippen MR) is 77.3 cm³/mol. The van der Waals surface area contributed by atoms with E-state index in [1.807, 2.05) is 20.8 Å². The number of amides is 1. The van der Waals surface area contributed by atoms with E-state index < -0.39 is 0 Å². The van der Waals surface area contributed by atoms with Crippen molar-refractivity contribution in [3.63, 3.8) is 0 Å². The summed E-state index contributed by atoms with van der Waals surface area (Å²) >= 11 is 2.14. The second-order valence-corrected chi connectivity index (χ2v) is 5.50. The molecule has 0 fully saturated rings. The summed E-state index contributed by atoms with van der Waals surface area (Å²) in [5.41, 5.74) is 0.388. The topological polar surface area (TPSA) is 40.5 Å². The van der Waals surface area contributed by atoms with Gasteiger partial charge in [0.25, 0.3) is 5.91 Å². The molecule has 94 valence electrons. The van der Waals surface area contributed by atoms with Crippen LogP contribution in [0.25, 0.3) is 0 Å². The maximum atomic E-state index is 12.3. The summed E-state index contributed by atoms with van der Waals surface area (Å²) < 4.78 is 0.948. The van der Waals surface area contributed by atoms with Crippen molar-refractivity contribution < 1.29 is 9.90 Å². The number of halogens is 1. The van der Waals surface area contributed by atoms with Crippen LogP contribution in [0.5, 0.6) is 5.75 Å². The first-order valence-electron chi connectivity index (χ1n) is 5.76. The Morgan fingerprint density at radius 2 is 2.12 bits per heavy atom. The first-order valence-corrected chi connectivity index (χ1v) is 6.84. The number of carbonyl (C=O) groups excluding carboxylic acids is 1. The molecule has 4 heteroatoms. The van der Waals surface area contributed by atoms with Gasteiger partial charge in [-0.2, -0.15) is 0 Å². The van der Waals surface area contributed by atoms with Crippen molar-refractivity contribution in [3.05, 3.63) is 27.3 Å². The van der Waals surface area contributed by atoms with E-state index in [9.17, 15) is 9.90 Å². The number of rotatable bonds is 4. The maximum Gasteiger partial charge on any atom is 0.257 e. The average molecular weight is 347 g/mol. The van der Waals surface area contributed by atoms with Gasteiger partial charge >= 0.3 is 0 Å². The van der Waals surface area contributed by atoms with E-state index in [2.05, 4.69) is 22.6 Å². The average Bonchev–Trinajstić information content (AvgIpc) is 2.28. The largest absolute Gasteiger partial charge is 0.507 e. The van der Waals surface area contributed by atoms with Gasteiger partial charge in [0.05, 0.1) is 5.56 Å². The number of nitrogens with zero attached hydrogens (tertiary/aromatic N) is 1. The molecule has 1 aromatic rings. The summed E-state index contributed by atoms with van der Waals surface area (Å²) in [6.45, 7) is 6.72. The molecule has 0 aromatic heterocycles. The number of phenols is 1. The second kappa shape index (κ2) is 6.23. The molecule has 1 rings (SSSR count). The minimum atomic E-state index is -0.0992. The first kappa shape index (κ1) is 14.3. The minimum absolute atomic E-state index is 0.0529. The van der Waals surface area contributed by atoms with Crippen LogP contribution in [0.1, 0.15) is 37.6 Å². The smallest absolute Gasteiger partial charge is 0.257 e. The zero-order valence-electron chi connectivity index (χ0n) is 10.4. The van der Waals surface area contributed by atoms with Crippen LogP contribution in [-0.2, 0) is 0 Å². The lowest BCUT2D eigenvalue weighted by molar-refractivity contribution is 0.0703. The third-order valence-electron chi connectivity index (χ3n) is 2.54. The van der Waals surface area contributed by atoms with E-state index in [1.54, 1.807) is 23.1 Å². The number of phenolic OH excluding ortho intramolecular Hbond substituents is 1. The van der Waals surface area contributed by atoms with Gasteiger partial charge in [-0.3, -0.25) is 4.79 Å². The van der Waals surface area contributed by atoms with Crippen LogP contribution in [0.3, 0.4) is 0 Å². The summed E-state index contributed by atoms with van der Waals surface area (Å²) in [6, 6.07) is 5.22. The molecule has 0 spiro atoms. The Balaban J connectivity index is 3.04. The van der Waals surface area contributed by atoms with E-state index in [4.69, 9.17) is 0 Å². The molecule has 0 heterocycles. The zero-order chi connectivity index (χ0) is 13.0. The summed E-state index contributed by atoms with van der Waals surface area (Å²) in [5, 5.41) is 9.75. The van der Waals surface area contributed by atoms with Crippen molar-refractivity contribution in [2.75, 3.05) is 6.54 Å². The van der Waals surface area contributed by atoms with Gasteiger partial charge in [-0.05, 0) is 61.1 Å². The maximum absolute atomic E-state index is 12.3.